The minimum Gasteiger partial charge on any atom is -0.493 e. The van der Waals surface area contributed by atoms with E-state index in [1.54, 1.807) is 0 Å². The number of halogens is 1. The zero-order valence-electron chi connectivity index (χ0n) is 14.2. The molecule has 0 heterocycles. The predicted octanol–water partition coefficient (Wildman–Crippen LogP) is 1.85. The van der Waals surface area contributed by atoms with Crippen LogP contribution in [0, 0.1) is 5.82 Å². The molecular formula is C15H25FN2O4S. The van der Waals surface area contributed by atoms with Gasteiger partial charge in [0.05, 0.1) is 14.2 Å². The van der Waals surface area contributed by atoms with Gasteiger partial charge in [0.15, 0.2) is 11.5 Å². The van der Waals surface area contributed by atoms with Gasteiger partial charge in [-0.25, -0.2) is 17.5 Å². The van der Waals surface area contributed by atoms with Gasteiger partial charge in [-0.15, -0.1) is 0 Å². The van der Waals surface area contributed by atoms with E-state index >= 15 is 0 Å². The zero-order valence-corrected chi connectivity index (χ0v) is 15.0. The van der Waals surface area contributed by atoms with Crippen molar-refractivity contribution in [3.8, 4) is 11.5 Å². The van der Waals surface area contributed by atoms with Crippen LogP contribution in [0.5, 0.6) is 11.5 Å². The standard InChI is InChI=1S/C15H25FN2O4S/c1-6-18(7-2)11(3)10-17-23(19,20)15-9-14(22-5)13(21-4)8-12(15)16/h8-9,11,17H,6-7,10H2,1-5H3/t11-/m0/s1. The lowest BCUT2D eigenvalue weighted by molar-refractivity contribution is 0.232. The number of ether oxygens (including phenoxy) is 2. The van der Waals surface area contributed by atoms with E-state index in [1.807, 2.05) is 20.8 Å². The van der Waals surface area contributed by atoms with Gasteiger partial charge in [0.1, 0.15) is 10.7 Å². The molecule has 23 heavy (non-hydrogen) atoms. The second-order valence-corrected chi connectivity index (χ2v) is 6.80. The molecule has 0 saturated carbocycles. The lowest BCUT2D eigenvalue weighted by Gasteiger charge is -2.26. The number of hydrogen-bond donors (Lipinski definition) is 1. The number of likely N-dealkylation sites (N-methyl/N-ethyl adjacent to an activating group) is 1. The Morgan fingerprint density at radius 3 is 2.17 bits per heavy atom. The van der Waals surface area contributed by atoms with Crippen molar-refractivity contribution < 1.29 is 22.3 Å². The zero-order chi connectivity index (χ0) is 17.6. The number of rotatable bonds is 9. The molecule has 0 fully saturated rings. The van der Waals surface area contributed by atoms with Crippen molar-refractivity contribution in [3.63, 3.8) is 0 Å². The van der Waals surface area contributed by atoms with Crippen molar-refractivity contribution in [2.75, 3.05) is 33.9 Å². The van der Waals surface area contributed by atoms with Crippen LogP contribution in [0.15, 0.2) is 17.0 Å². The fraction of sp³-hybridized carbons (Fsp3) is 0.600. The van der Waals surface area contributed by atoms with Crippen LogP contribution < -0.4 is 14.2 Å². The molecule has 6 nitrogen and oxygen atoms in total. The molecular weight excluding hydrogens is 323 g/mol. The number of nitrogens with zero attached hydrogens (tertiary/aromatic N) is 1. The molecule has 0 radical (unpaired) electrons. The van der Waals surface area contributed by atoms with Gasteiger partial charge in [0, 0.05) is 24.7 Å². The van der Waals surface area contributed by atoms with Crippen LogP contribution in [0.25, 0.3) is 0 Å². The van der Waals surface area contributed by atoms with Crippen molar-refractivity contribution in [3.05, 3.63) is 17.9 Å². The van der Waals surface area contributed by atoms with Crippen LogP contribution in [0.3, 0.4) is 0 Å². The minimum atomic E-state index is -3.98. The highest BCUT2D eigenvalue weighted by molar-refractivity contribution is 7.89. The molecule has 0 aliphatic rings. The molecule has 0 amide bonds. The highest BCUT2D eigenvalue weighted by Crippen LogP contribution is 2.31. The third kappa shape index (κ3) is 4.79. The topological polar surface area (TPSA) is 67.9 Å². The Morgan fingerprint density at radius 1 is 1.17 bits per heavy atom. The van der Waals surface area contributed by atoms with Crippen molar-refractivity contribution in [2.45, 2.75) is 31.7 Å². The van der Waals surface area contributed by atoms with E-state index in [0.29, 0.717) is 0 Å². The van der Waals surface area contributed by atoms with Crippen LogP contribution in [-0.4, -0.2) is 53.2 Å². The van der Waals surface area contributed by atoms with Gasteiger partial charge in [0.25, 0.3) is 0 Å². The first-order chi connectivity index (χ1) is 10.8. The molecule has 132 valence electrons. The van der Waals surface area contributed by atoms with Gasteiger partial charge in [-0.3, -0.25) is 4.90 Å². The Morgan fingerprint density at radius 2 is 1.70 bits per heavy atom. The number of nitrogens with one attached hydrogen (secondary N) is 1. The van der Waals surface area contributed by atoms with Crippen LogP contribution in [0.1, 0.15) is 20.8 Å². The SMILES string of the molecule is CCN(CC)[C@@H](C)CNS(=O)(=O)c1cc(OC)c(OC)cc1F. The summed E-state index contributed by atoms with van der Waals surface area (Å²) in [6, 6.07) is 2.13. The van der Waals surface area contributed by atoms with Gasteiger partial charge in [-0.05, 0) is 20.0 Å². The lowest BCUT2D eigenvalue weighted by Crippen LogP contribution is -2.42. The van der Waals surface area contributed by atoms with Crippen LogP contribution >= 0.6 is 0 Å². The van der Waals surface area contributed by atoms with E-state index < -0.39 is 20.7 Å². The molecule has 1 N–H and O–H groups in total. The van der Waals surface area contributed by atoms with Gasteiger partial charge >= 0.3 is 0 Å². The maximum absolute atomic E-state index is 14.1. The summed E-state index contributed by atoms with van der Waals surface area (Å²) in [6.07, 6.45) is 0. The first-order valence-corrected chi connectivity index (χ1v) is 8.94. The molecule has 0 bridgehead atoms. The molecule has 0 spiro atoms. The normalized spacial score (nSPS) is 13.2. The van der Waals surface area contributed by atoms with E-state index in [2.05, 4.69) is 9.62 Å². The first kappa shape index (κ1) is 19.7. The average Bonchev–Trinajstić information content (AvgIpc) is 2.53. The van der Waals surface area contributed by atoms with Crippen molar-refractivity contribution >= 4 is 10.0 Å². The number of hydrogen-bond acceptors (Lipinski definition) is 5. The third-order valence-electron chi connectivity index (χ3n) is 3.73. The molecule has 0 unspecified atom stereocenters. The number of benzene rings is 1. The first-order valence-electron chi connectivity index (χ1n) is 7.45. The van der Waals surface area contributed by atoms with Gasteiger partial charge in [-0.2, -0.15) is 0 Å². The molecule has 1 rings (SSSR count). The van der Waals surface area contributed by atoms with Crippen LogP contribution in [-0.2, 0) is 10.0 Å². The largest absolute Gasteiger partial charge is 0.493 e. The average molecular weight is 348 g/mol. The van der Waals surface area contributed by atoms with E-state index in [4.69, 9.17) is 9.47 Å². The Balaban J connectivity index is 3.00. The molecule has 8 heteroatoms. The van der Waals surface area contributed by atoms with Crippen molar-refractivity contribution in [1.82, 2.24) is 9.62 Å². The third-order valence-corrected chi connectivity index (χ3v) is 5.17. The summed E-state index contributed by atoms with van der Waals surface area (Å²) >= 11 is 0. The Kier molecular flexibility index (Phi) is 7.24. The predicted molar refractivity (Wildman–Crippen MR) is 87.1 cm³/mol. The maximum atomic E-state index is 14.1. The molecule has 0 aliphatic carbocycles. The minimum absolute atomic E-state index is 0.00276. The fourth-order valence-corrected chi connectivity index (χ4v) is 3.52. The second kappa shape index (κ2) is 8.47. The molecule has 1 aromatic rings. The smallest absolute Gasteiger partial charge is 0.243 e. The quantitative estimate of drug-likeness (QED) is 0.738. The molecule has 0 saturated heterocycles. The summed E-state index contributed by atoms with van der Waals surface area (Å²) in [5.74, 6) is -0.586. The summed E-state index contributed by atoms with van der Waals surface area (Å²) in [5.41, 5.74) is 0. The molecule has 1 aromatic carbocycles. The van der Waals surface area contributed by atoms with Gasteiger partial charge in [-0.1, -0.05) is 13.8 Å². The van der Waals surface area contributed by atoms with Gasteiger partial charge in [0.2, 0.25) is 10.0 Å². The monoisotopic (exact) mass is 348 g/mol. The van der Waals surface area contributed by atoms with Crippen LogP contribution in [0.4, 0.5) is 4.39 Å². The van der Waals surface area contributed by atoms with E-state index in [1.165, 1.54) is 14.2 Å². The molecule has 1 atom stereocenters. The van der Waals surface area contributed by atoms with E-state index in [9.17, 15) is 12.8 Å². The molecule has 0 aliphatic heterocycles. The summed E-state index contributed by atoms with van der Waals surface area (Å²) < 4.78 is 51.3. The number of sulfonamides is 1. The van der Waals surface area contributed by atoms with Crippen LogP contribution in [0.2, 0.25) is 0 Å². The Labute approximate surface area is 137 Å². The van der Waals surface area contributed by atoms with Crippen molar-refractivity contribution in [2.24, 2.45) is 0 Å². The fourth-order valence-electron chi connectivity index (χ4n) is 2.33. The van der Waals surface area contributed by atoms with E-state index in [-0.39, 0.29) is 24.1 Å². The van der Waals surface area contributed by atoms with Crippen molar-refractivity contribution in [1.29, 1.82) is 0 Å². The Hall–Kier alpha value is -1.38. The Bertz CT molecular complexity index is 618. The summed E-state index contributed by atoms with van der Waals surface area (Å²) in [7, 11) is -1.26. The summed E-state index contributed by atoms with van der Waals surface area (Å²) in [6.45, 7) is 7.73. The second-order valence-electron chi connectivity index (χ2n) is 5.06. The summed E-state index contributed by atoms with van der Waals surface area (Å²) in [5, 5.41) is 0. The highest BCUT2D eigenvalue weighted by atomic mass is 32.2. The van der Waals surface area contributed by atoms with E-state index in [0.717, 1.165) is 25.2 Å². The number of methoxy groups -OCH3 is 2. The lowest BCUT2D eigenvalue weighted by atomic mass is 10.3. The molecule has 0 aromatic heterocycles. The summed E-state index contributed by atoms with van der Waals surface area (Å²) in [4.78, 5) is 1.65. The maximum Gasteiger partial charge on any atom is 0.243 e. The highest BCUT2D eigenvalue weighted by Gasteiger charge is 2.23. The van der Waals surface area contributed by atoms with Gasteiger partial charge < -0.3 is 9.47 Å².